The molecule has 1 amide bonds. The van der Waals surface area contributed by atoms with Crippen LogP contribution in [0.1, 0.15) is 61.1 Å². The van der Waals surface area contributed by atoms with Gasteiger partial charge in [0.1, 0.15) is 0 Å². The van der Waals surface area contributed by atoms with Crippen molar-refractivity contribution in [2.75, 3.05) is 19.6 Å². The first-order valence-electron chi connectivity index (χ1n) is 11.0. The number of aryl methyl sites for hydroxylation is 1. The van der Waals surface area contributed by atoms with E-state index in [1.165, 1.54) is 10.4 Å². The van der Waals surface area contributed by atoms with Gasteiger partial charge in [0.25, 0.3) is 0 Å². The third-order valence-corrected chi connectivity index (χ3v) is 9.21. The number of fused-ring (bicyclic) bond motifs is 1. The predicted molar refractivity (Wildman–Crippen MR) is 120 cm³/mol. The van der Waals surface area contributed by atoms with Crippen molar-refractivity contribution in [1.82, 2.24) is 9.21 Å². The molecule has 2 aliphatic rings. The quantitative estimate of drug-likeness (QED) is 0.661. The molecule has 0 saturated carbocycles. The number of carbonyl (C=O) groups excluding carboxylic acids is 1. The fourth-order valence-electron chi connectivity index (χ4n) is 4.61. The molecule has 30 heavy (non-hydrogen) atoms. The Labute approximate surface area is 183 Å². The van der Waals surface area contributed by atoms with Crippen LogP contribution in [-0.4, -0.2) is 43.2 Å². The minimum Gasteiger partial charge on any atom is -0.335 e. The van der Waals surface area contributed by atoms with Gasteiger partial charge >= 0.3 is 0 Å². The number of thiophene rings is 1. The zero-order valence-electron chi connectivity index (χ0n) is 17.5. The Morgan fingerprint density at radius 3 is 2.50 bits per heavy atom. The molecule has 4 rings (SSSR count). The summed E-state index contributed by atoms with van der Waals surface area (Å²) in [5, 5.41) is 2.13. The van der Waals surface area contributed by atoms with E-state index in [1.54, 1.807) is 27.8 Å². The Balaban J connectivity index is 1.38. The average Bonchev–Trinajstić information content (AvgIpc) is 3.26. The molecule has 7 heteroatoms. The molecular formula is C23H30N2O3S2. The van der Waals surface area contributed by atoms with E-state index in [1.807, 2.05) is 17.0 Å². The lowest BCUT2D eigenvalue weighted by Gasteiger charge is -2.35. The molecule has 1 fully saturated rings. The summed E-state index contributed by atoms with van der Waals surface area (Å²) in [7, 11) is -3.40. The van der Waals surface area contributed by atoms with E-state index in [9.17, 15) is 13.2 Å². The maximum atomic E-state index is 12.9. The zero-order valence-corrected chi connectivity index (χ0v) is 19.2. The molecule has 0 N–H and O–H groups in total. The summed E-state index contributed by atoms with van der Waals surface area (Å²) in [5.74, 6) is 0.184. The van der Waals surface area contributed by atoms with Gasteiger partial charge in [-0.2, -0.15) is 4.31 Å². The van der Waals surface area contributed by atoms with Crippen LogP contribution in [0.5, 0.6) is 0 Å². The van der Waals surface area contributed by atoms with E-state index >= 15 is 0 Å². The summed E-state index contributed by atoms with van der Waals surface area (Å²) in [5.41, 5.74) is 2.32. The average molecular weight is 447 g/mol. The normalized spacial score (nSPS) is 20.2. The van der Waals surface area contributed by atoms with E-state index in [-0.39, 0.29) is 11.9 Å². The highest BCUT2D eigenvalue weighted by Gasteiger charge is 2.30. The van der Waals surface area contributed by atoms with Gasteiger partial charge < -0.3 is 4.90 Å². The smallest absolute Gasteiger partial charge is 0.243 e. The Kier molecular flexibility index (Phi) is 6.60. The number of nitrogens with zero attached hydrogens (tertiary/aromatic N) is 2. The van der Waals surface area contributed by atoms with Gasteiger partial charge in [-0.3, -0.25) is 4.79 Å². The van der Waals surface area contributed by atoms with Crippen LogP contribution in [0.4, 0.5) is 0 Å². The number of hydrogen-bond donors (Lipinski definition) is 0. The number of carbonyl (C=O) groups is 1. The van der Waals surface area contributed by atoms with Gasteiger partial charge in [-0.15, -0.1) is 11.3 Å². The minimum atomic E-state index is -3.40. The van der Waals surface area contributed by atoms with Crippen LogP contribution in [0.25, 0.3) is 0 Å². The second-order valence-corrected chi connectivity index (χ2v) is 11.1. The van der Waals surface area contributed by atoms with Crippen LogP contribution >= 0.6 is 11.3 Å². The molecule has 162 valence electrons. The van der Waals surface area contributed by atoms with Crippen molar-refractivity contribution in [1.29, 1.82) is 0 Å². The van der Waals surface area contributed by atoms with Crippen LogP contribution in [0.3, 0.4) is 0 Å². The number of benzene rings is 1. The SMILES string of the molecule is CC[C@H]1c2ccsc2CCN1C(=O)CCc1ccc(S(=O)(=O)N2CCCCC2)cc1. The van der Waals surface area contributed by atoms with Crippen LogP contribution in [0.15, 0.2) is 40.6 Å². The van der Waals surface area contributed by atoms with Crippen molar-refractivity contribution in [3.63, 3.8) is 0 Å². The van der Waals surface area contributed by atoms with E-state index in [4.69, 9.17) is 0 Å². The predicted octanol–water partition coefficient (Wildman–Crippen LogP) is 4.39. The first kappa shape index (κ1) is 21.5. The van der Waals surface area contributed by atoms with Crippen molar-refractivity contribution in [2.45, 2.75) is 62.8 Å². The molecule has 2 aromatic rings. The van der Waals surface area contributed by atoms with Crippen molar-refractivity contribution < 1.29 is 13.2 Å². The van der Waals surface area contributed by atoms with Crippen LogP contribution in [0, 0.1) is 0 Å². The molecule has 0 aliphatic carbocycles. The molecule has 0 radical (unpaired) electrons. The number of hydrogen-bond acceptors (Lipinski definition) is 4. The fraction of sp³-hybridized carbons (Fsp3) is 0.522. The highest BCUT2D eigenvalue weighted by molar-refractivity contribution is 7.89. The van der Waals surface area contributed by atoms with Gasteiger partial charge in [-0.1, -0.05) is 25.5 Å². The van der Waals surface area contributed by atoms with Gasteiger partial charge in [0.2, 0.25) is 15.9 Å². The Morgan fingerprint density at radius 1 is 1.07 bits per heavy atom. The van der Waals surface area contributed by atoms with E-state index in [0.717, 1.165) is 44.2 Å². The summed E-state index contributed by atoms with van der Waals surface area (Å²) in [6.45, 7) is 4.15. The molecule has 5 nitrogen and oxygen atoms in total. The summed E-state index contributed by atoms with van der Waals surface area (Å²) in [6.07, 6.45) is 5.92. The first-order chi connectivity index (χ1) is 14.5. The molecule has 1 atom stereocenters. The third kappa shape index (κ3) is 4.34. The lowest BCUT2D eigenvalue weighted by atomic mass is 9.97. The van der Waals surface area contributed by atoms with Crippen molar-refractivity contribution >= 4 is 27.3 Å². The molecule has 0 bridgehead atoms. The number of amides is 1. The number of sulfonamides is 1. The molecular weight excluding hydrogens is 416 g/mol. The molecule has 2 aliphatic heterocycles. The molecule has 0 spiro atoms. The monoisotopic (exact) mass is 446 g/mol. The topological polar surface area (TPSA) is 57.7 Å². The van der Waals surface area contributed by atoms with Crippen LogP contribution in [-0.2, 0) is 27.7 Å². The highest BCUT2D eigenvalue weighted by atomic mass is 32.2. The second kappa shape index (κ2) is 9.20. The van der Waals surface area contributed by atoms with E-state index in [0.29, 0.717) is 30.8 Å². The Morgan fingerprint density at radius 2 is 1.80 bits per heavy atom. The second-order valence-electron chi connectivity index (χ2n) is 8.17. The molecule has 3 heterocycles. The van der Waals surface area contributed by atoms with Crippen molar-refractivity contribution in [2.24, 2.45) is 0 Å². The fourth-order valence-corrected chi connectivity index (χ4v) is 7.06. The van der Waals surface area contributed by atoms with Crippen molar-refractivity contribution in [3.8, 4) is 0 Å². The number of rotatable bonds is 6. The molecule has 0 unspecified atom stereocenters. The van der Waals surface area contributed by atoms with Gasteiger partial charge in [0.15, 0.2) is 0 Å². The summed E-state index contributed by atoms with van der Waals surface area (Å²) in [6, 6.07) is 9.44. The largest absolute Gasteiger partial charge is 0.335 e. The summed E-state index contributed by atoms with van der Waals surface area (Å²) in [4.78, 5) is 16.7. The Bertz CT molecular complexity index is 976. The minimum absolute atomic E-state index is 0.184. The van der Waals surface area contributed by atoms with Crippen molar-refractivity contribution in [3.05, 3.63) is 51.7 Å². The van der Waals surface area contributed by atoms with Gasteiger partial charge in [-0.05, 0) is 66.8 Å². The van der Waals surface area contributed by atoms with Gasteiger partial charge in [-0.25, -0.2) is 8.42 Å². The third-order valence-electron chi connectivity index (χ3n) is 6.31. The van der Waals surface area contributed by atoms with Gasteiger partial charge in [0, 0.05) is 30.9 Å². The van der Waals surface area contributed by atoms with Gasteiger partial charge in [0.05, 0.1) is 10.9 Å². The lowest BCUT2D eigenvalue weighted by molar-refractivity contribution is -0.134. The standard InChI is InChI=1S/C23H30N2O3S2/c1-2-21-20-13-17-29-22(20)12-16-25(21)23(26)11-8-18-6-9-19(10-7-18)30(27,28)24-14-4-3-5-15-24/h6-7,9-10,13,17,21H,2-5,8,11-12,14-16H2,1H3/t21-/m0/s1. The molecule has 1 saturated heterocycles. The summed E-state index contributed by atoms with van der Waals surface area (Å²) >= 11 is 1.79. The first-order valence-corrected chi connectivity index (χ1v) is 13.3. The Hall–Kier alpha value is -1.70. The lowest BCUT2D eigenvalue weighted by Crippen LogP contribution is -2.39. The van der Waals surface area contributed by atoms with Crippen LogP contribution < -0.4 is 0 Å². The zero-order chi connectivity index (χ0) is 21.1. The highest BCUT2D eigenvalue weighted by Crippen LogP contribution is 2.35. The van der Waals surface area contributed by atoms with E-state index in [2.05, 4.69) is 18.4 Å². The van der Waals surface area contributed by atoms with Crippen LogP contribution in [0.2, 0.25) is 0 Å². The van der Waals surface area contributed by atoms with E-state index < -0.39 is 10.0 Å². The molecule has 1 aromatic heterocycles. The maximum Gasteiger partial charge on any atom is 0.243 e. The maximum absolute atomic E-state index is 12.9. The number of piperidine rings is 1. The summed E-state index contributed by atoms with van der Waals surface area (Å²) < 4.78 is 27.2. The molecule has 1 aromatic carbocycles.